The predicted molar refractivity (Wildman–Crippen MR) is 108 cm³/mol. The Kier molecular flexibility index (Phi) is 5.44. The molecular formula is C20H24ClN3O4S. The zero-order valence-electron chi connectivity index (χ0n) is 16.5. The van der Waals surface area contributed by atoms with Crippen LogP contribution in [0.4, 0.5) is 0 Å². The van der Waals surface area contributed by atoms with Crippen LogP contribution in [0.15, 0.2) is 33.7 Å². The third-order valence-electron chi connectivity index (χ3n) is 5.72. The molecule has 2 fully saturated rings. The average molecular weight is 438 g/mol. The predicted octanol–water partition coefficient (Wildman–Crippen LogP) is 2.97. The maximum absolute atomic E-state index is 13.0. The molecule has 0 bridgehead atoms. The normalized spacial score (nSPS) is 23.1. The molecule has 1 aliphatic carbocycles. The summed E-state index contributed by atoms with van der Waals surface area (Å²) in [5.74, 6) is 0.555. The zero-order chi connectivity index (χ0) is 20.8. The van der Waals surface area contributed by atoms with E-state index in [0.717, 1.165) is 12.0 Å². The minimum Gasteiger partial charge on any atom is -0.360 e. The van der Waals surface area contributed by atoms with Crippen molar-refractivity contribution < 1.29 is 17.7 Å². The van der Waals surface area contributed by atoms with Crippen LogP contribution in [-0.4, -0.2) is 54.9 Å². The third-order valence-corrected chi connectivity index (χ3v) is 8.10. The third kappa shape index (κ3) is 3.93. The monoisotopic (exact) mass is 437 g/mol. The van der Waals surface area contributed by atoms with Crippen LogP contribution in [-0.2, 0) is 14.8 Å². The average Bonchev–Trinajstić information content (AvgIpc) is 3.44. The van der Waals surface area contributed by atoms with E-state index in [-0.39, 0.29) is 29.2 Å². The van der Waals surface area contributed by atoms with Crippen LogP contribution < -0.4 is 0 Å². The number of hydrogen-bond donors (Lipinski definition) is 0. The minimum absolute atomic E-state index is 0.0424. The Morgan fingerprint density at radius 3 is 2.69 bits per heavy atom. The molecular weight excluding hydrogens is 414 g/mol. The van der Waals surface area contributed by atoms with Gasteiger partial charge in [-0.05, 0) is 50.3 Å². The number of carbonyl (C=O) groups is 1. The molecule has 1 aromatic carbocycles. The van der Waals surface area contributed by atoms with E-state index in [4.69, 9.17) is 16.1 Å². The second-order valence-corrected chi connectivity index (χ2v) is 10.1. The molecule has 7 nitrogen and oxygen atoms in total. The number of nitrogens with zero attached hydrogens (tertiary/aromatic N) is 3. The van der Waals surface area contributed by atoms with Crippen LogP contribution in [0.2, 0.25) is 5.02 Å². The Morgan fingerprint density at radius 1 is 1.21 bits per heavy atom. The van der Waals surface area contributed by atoms with Crippen molar-refractivity contribution in [2.45, 2.75) is 37.5 Å². The number of hydrogen-bond acceptors (Lipinski definition) is 5. The van der Waals surface area contributed by atoms with E-state index in [1.54, 1.807) is 18.7 Å². The Morgan fingerprint density at radius 2 is 2.00 bits per heavy atom. The van der Waals surface area contributed by atoms with Crippen molar-refractivity contribution in [1.29, 1.82) is 0 Å². The van der Waals surface area contributed by atoms with Gasteiger partial charge in [0.25, 0.3) is 0 Å². The lowest BCUT2D eigenvalue weighted by Gasteiger charge is -2.22. The summed E-state index contributed by atoms with van der Waals surface area (Å²) in [5, 5.41) is 4.44. The number of carbonyl (C=O) groups excluding carboxylic acids is 1. The van der Waals surface area contributed by atoms with E-state index in [9.17, 15) is 13.2 Å². The lowest BCUT2D eigenvalue weighted by Crippen LogP contribution is -2.38. The smallest absolute Gasteiger partial charge is 0.248 e. The van der Waals surface area contributed by atoms with E-state index in [0.29, 0.717) is 42.5 Å². The van der Waals surface area contributed by atoms with Crippen molar-refractivity contribution in [3.63, 3.8) is 0 Å². The molecule has 1 saturated carbocycles. The van der Waals surface area contributed by atoms with Crippen LogP contribution in [0, 0.1) is 19.8 Å². The lowest BCUT2D eigenvalue weighted by atomic mass is 10.1. The fourth-order valence-corrected chi connectivity index (χ4v) is 6.09. The number of sulfonamides is 1. The van der Waals surface area contributed by atoms with Gasteiger partial charge in [0.1, 0.15) is 10.6 Å². The second kappa shape index (κ2) is 7.74. The Balaban J connectivity index is 1.42. The number of rotatable bonds is 4. The Labute approximate surface area is 175 Å². The highest BCUT2D eigenvalue weighted by atomic mass is 35.5. The molecule has 0 radical (unpaired) electrons. The standard InChI is InChI=1S/C20H24ClN3O4S/c1-13-19(14(2)28-22-13)29(26,27)24-8-4-7-23(9-10-24)20(25)18-12-17(18)15-5-3-6-16(21)11-15/h3,5-6,11,17-18H,4,7-10,12H2,1-2H3. The summed E-state index contributed by atoms with van der Waals surface area (Å²) in [6.45, 7) is 4.82. The SMILES string of the molecule is Cc1noc(C)c1S(=O)(=O)N1CCCN(C(=O)C2CC2c2cccc(Cl)c2)CC1. The van der Waals surface area contributed by atoms with Crippen LogP contribution in [0.25, 0.3) is 0 Å². The molecule has 2 heterocycles. The summed E-state index contributed by atoms with van der Waals surface area (Å²) >= 11 is 6.07. The quantitative estimate of drug-likeness (QED) is 0.734. The van der Waals surface area contributed by atoms with Gasteiger partial charge in [0.2, 0.25) is 15.9 Å². The van der Waals surface area contributed by atoms with Gasteiger partial charge in [0.15, 0.2) is 5.76 Å². The summed E-state index contributed by atoms with van der Waals surface area (Å²) < 4.78 is 32.6. The molecule has 4 rings (SSSR count). The fraction of sp³-hybridized carbons (Fsp3) is 0.500. The molecule has 2 unspecified atom stereocenters. The van der Waals surface area contributed by atoms with E-state index < -0.39 is 10.0 Å². The van der Waals surface area contributed by atoms with Crippen LogP contribution in [0.5, 0.6) is 0 Å². The highest BCUT2D eigenvalue weighted by molar-refractivity contribution is 7.89. The van der Waals surface area contributed by atoms with Crippen LogP contribution in [0.3, 0.4) is 0 Å². The van der Waals surface area contributed by atoms with Crippen molar-refractivity contribution in [2.75, 3.05) is 26.2 Å². The van der Waals surface area contributed by atoms with Gasteiger partial charge in [-0.15, -0.1) is 0 Å². The minimum atomic E-state index is -3.69. The summed E-state index contributed by atoms with van der Waals surface area (Å²) in [6, 6.07) is 7.65. The van der Waals surface area contributed by atoms with Gasteiger partial charge in [-0.1, -0.05) is 28.9 Å². The van der Waals surface area contributed by atoms with Gasteiger partial charge >= 0.3 is 0 Å². The second-order valence-electron chi connectivity index (χ2n) is 7.74. The highest BCUT2D eigenvalue weighted by Gasteiger charge is 2.46. The molecule has 1 aromatic heterocycles. The summed E-state index contributed by atoms with van der Waals surface area (Å²) in [4.78, 5) is 14.9. The maximum Gasteiger partial charge on any atom is 0.248 e. The molecule has 29 heavy (non-hydrogen) atoms. The molecule has 1 saturated heterocycles. The largest absolute Gasteiger partial charge is 0.360 e. The number of aromatic nitrogens is 1. The van der Waals surface area contributed by atoms with Gasteiger partial charge in [-0.25, -0.2) is 8.42 Å². The fourth-order valence-electron chi connectivity index (χ4n) is 4.13. The van der Waals surface area contributed by atoms with E-state index >= 15 is 0 Å². The highest BCUT2D eigenvalue weighted by Crippen LogP contribution is 2.49. The maximum atomic E-state index is 13.0. The molecule has 1 amide bonds. The number of amides is 1. The molecule has 156 valence electrons. The Bertz CT molecular complexity index is 1020. The number of benzene rings is 1. The molecule has 9 heteroatoms. The zero-order valence-corrected chi connectivity index (χ0v) is 18.0. The van der Waals surface area contributed by atoms with Crippen molar-refractivity contribution in [2.24, 2.45) is 5.92 Å². The first kappa shape index (κ1) is 20.4. The Hall–Kier alpha value is -1.90. The topological polar surface area (TPSA) is 83.7 Å². The van der Waals surface area contributed by atoms with Crippen molar-refractivity contribution in [1.82, 2.24) is 14.4 Å². The van der Waals surface area contributed by atoms with Gasteiger partial charge in [-0.2, -0.15) is 4.31 Å². The van der Waals surface area contributed by atoms with Crippen molar-refractivity contribution >= 4 is 27.5 Å². The molecule has 1 aliphatic heterocycles. The van der Waals surface area contributed by atoms with Crippen LogP contribution in [0.1, 0.15) is 35.8 Å². The first-order valence-electron chi connectivity index (χ1n) is 9.76. The van der Waals surface area contributed by atoms with Crippen molar-refractivity contribution in [3.05, 3.63) is 46.3 Å². The molecule has 2 aromatic rings. The number of halogens is 1. The van der Waals surface area contributed by atoms with Crippen LogP contribution >= 0.6 is 11.6 Å². The van der Waals surface area contributed by atoms with Gasteiger partial charge in [-0.3, -0.25) is 4.79 Å². The summed E-state index contributed by atoms with van der Waals surface area (Å²) in [7, 11) is -3.69. The van der Waals surface area contributed by atoms with E-state index in [1.165, 1.54) is 4.31 Å². The summed E-state index contributed by atoms with van der Waals surface area (Å²) in [5.41, 5.74) is 1.45. The molecule has 2 aliphatic rings. The van der Waals surface area contributed by atoms with Gasteiger partial charge in [0.05, 0.1) is 0 Å². The molecule has 0 spiro atoms. The molecule has 0 N–H and O–H groups in total. The van der Waals surface area contributed by atoms with Gasteiger partial charge < -0.3 is 9.42 Å². The van der Waals surface area contributed by atoms with E-state index in [1.807, 2.05) is 24.3 Å². The molecule has 2 atom stereocenters. The summed E-state index contributed by atoms with van der Waals surface area (Å²) in [6.07, 6.45) is 1.42. The van der Waals surface area contributed by atoms with Gasteiger partial charge in [0, 0.05) is 37.1 Å². The first-order valence-corrected chi connectivity index (χ1v) is 11.6. The van der Waals surface area contributed by atoms with E-state index in [2.05, 4.69) is 5.16 Å². The number of aryl methyl sites for hydroxylation is 2. The lowest BCUT2D eigenvalue weighted by molar-refractivity contribution is -0.132. The van der Waals surface area contributed by atoms with Crippen molar-refractivity contribution in [3.8, 4) is 0 Å². The first-order chi connectivity index (χ1) is 13.8.